The third-order valence-electron chi connectivity index (χ3n) is 6.33. The Morgan fingerprint density at radius 2 is 1.87 bits per heavy atom. The van der Waals surface area contributed by atoms with E-state index >= 15 is 0 Å². The summed E-state index contributed by atoms with van der Waals surface area (Å²) in [5.41, 5.74) is 2.53. The summed E-state index contributed by atoms with van der Waals surface area (Å²) >= 11 is 1.55. The molecule has 0 saturated heterocycles. The first-order chi connectivity index (χ1) is 18.3. The molecule has 9 nitrogen and oxygen atoms in total. The molecule has 2 atom stereocenters. The van der Waals surface area contributed by atoms with Gasteiger partial charge in [0.15, 0.2) is 0 Å². The molecular weight excluding hydrogens is 508 g/mol. The van der Waals surface area contributed by atoms with Gasteiger partial charge in [-0.3, -0.25) is 19.9 Å². The van der Waals surface area contributed by atoms with Crippen molar-refractivity contribution < 1.29 is 29.1 Å². The van der Waals surface area contributed by atoms with Gasteiger partial charge in [-0.25, -0.2) is 4.79 Å². The van der Waals surface area contributed by atoms with Crippen molar-refractivity contribution in [2.75, 3.05) is 26.1 Å². The van der Waals surface area contributed by atoms with Gasteiger partial charge >= 0.3 is 11.9 Å². The van der Waals surface area contributed by atoms with Crippen molar-refractivity contribution >= 4 is 35.1 Å². The van der Waals surface area contributed by atoms with Gasteiger partial charge < -0.3 is 14.6 Å². The van der Waals surface area contributed by atoms with Crippen molar-refractivity contribution in [1.29, 1.82) is 0 Å². The first-order valence-corrected chi connectivity index (χ1v) is 13.3. The van der Waals surface area contributed by atoms with Crippen molar-refractivity contribution in [3.63, 3.8) is 0 Å². The number of hydrogen-bond acceptors (Lipinski definition) is 9. The molecule has 1 N–H and O–H groups in total. The van der Waals surface area contributed by atoms with E-state index in [0.29, 0.717) is 22.7 Å². The second-order valence-electron chi connectivity index (χ2n) is 8.89. The van der Waals surface area contributed by atoms with Crippen molar-refractivity contribution in [3.05, 3.63) is 81.0 Å². The van der Waals surface area contributed by atoms with Gasteiger partial charge in [0.05, 0.1) is 17.6 Å². The molecule has 3 rings (SSSR count). The average Bonchev–Trinajstić information content (AvgIpc) is 2.91. The van der Waals surface area contributed by atoms with E-state index in [4.69, 9.17) is 14.6 Å². The number of nitro benzene ring substituents is 1. The number of nitro groups is 1. The zero-order valence-corrected chi connectivity index (χ0v) is 22.5. The normalized spacial score (nSPS) is 17.1. The van der Waals surface area contributed by atoms with Gasteiger partial charge in [-0.15, -0.1) is 11.8 Å². The van der Waals surface area contributed by atoms with Crippen molar-refractivity contribution in [1.82, 2.24) is 0 Å². The molecule has 10 heteroatoms. The van der Waals surface area contributed by atoms with Gasteiger partial charge in [-0.1, -0.05) is 24.3 Å². The molecule has 0 aromatic heterocycles. The van der Waals surface area contributed by atoms with Crippen LogP contribution in [-0.4, -0.2) is 53.8 Å². The molecule has 1 aliphatic rings. The number of methoxy groups -OCH3 is 1. The minimum atomic E-state index is -0.918. The van der Waals surface area contributed by atoms with E-state index in [1.54, 1.807) is 31.7 Å². The van der Waals surface area contributed by atoms with Gasteiger partial charge in [-0.2, -0.15) is 0 Å². The molecule has 0 saturated carbocycles. The number of aryl methyl sites for hydroxylation is 1. The topological polar surface area (TPSA) is 128 Å². The summed E-state index contributed by atoms with van der Waals surface area (Å²) in [7, 11) is 1.25. The predicted octanol–water partition coefficient (Wildman–Crippen LogP) is 4.87. The highest BCUT2D eigenvalue weighted by molar-refractivity contribution is 7.99. The summed E-state index contributed by atoms with van der Waals surface area (Å²) in [5, 5.41) is 20.3. The molecule has 0 spiro atoms. The Balaban J connectivity index is 1.73. The van der Waals surface area contributed by atoms with Crippen LogP contribution in [0.15, 0.2) is 69.7 Å². The summed E-state index contributed by atoms with van der Waals surface area (Å²) < 4.78 is 10.6. The Morgan fingerprint density at radius 1 is 1.13 bits per heavy atom. The number of aliphatic hydroxyl groups is 1. The van der Waals surface area contributed by atoms with Gasteiger partial charge in [0.25, 0.3) is 5.69 Å². The number of allylic oxidation sites excluding steroid dienone is 1. The Bertz CT molecular complexity index is 1220. The lowest BCUT2D eigenvalue weighted by atomic mass is 9.75. The number of rotatable bonds is 12. The fraction of sp³-hybridized carbons (Fsp3) is 0.393. The quantitative estimate of drug-likeness (QED) is 0.133. The number of non-ortho nitro benzene ring substituents is 1. The van der Waals surface area contributed by atoms with Crippen molar-refractivity contribution in [2.24, 2.45) is 10.9 Å². The molecule has 0 aliphatic carbocycles. The molecule has 1 heterocycles. The summed E-state index contributed by atoms with van der Waals surface area (Å²) in [6.07, 6.45) is 2.63. The molecule has 202 valence electrons. The van der Waals surface area contributed by atoms with E-state index in [-0.39, 0.29) is 24.5 Å². The maximum absolute atomic E-state index is 13.3. The number of esters is 2. The number of aliphatic hydroxyl groups excluding tert-OH is 1. The molecule has 2 aromatic carbocycles. The molecular formula is C28H32N2O7S. The van der Waals surface area contributed by atoms with E-state index in [1.807, 2.05) is 12.1 Å². The molecule has 2 aromatic rings. The van der Waals surface area contributed by atoms with Crippen molar-refractivity contribution in [2.45, 2.75) is 43.9 Å². The van der Waals surface area contributed by atoms with Crippen molar-refractivity contribution in [3.8, 4) is 0 Å². The number of ether oxygens (including phenoxy) is 2. The number of nitrogens with zero attached hydrogens (tertiary/aromatic N) is 2. The van der Waals surface area contributed by atoms with Crippen LogP contribution >= 0.6 is 11.8 Å². The minimum Gasteiger partial charge on any atom is -0.468 e. The highest BCUT2D eigenvalue weighted by Gasteiger charge is 2.42. The Hall–Kier alpha value is -3.50. The Labute approximate surface area is 226 Å². The largest absolute Gasteiger partial charge is 0.468 e. The zero-order chi connectivity index (χ0) is 27.7. The smallest absolute Gasteiger partial charge is 0.336 e. The maximum atomic E-state index is 13.3. The molecule has 1 aliphatic heterocycles. The van der Waals surface area contributed by atoms with Crippen LogP contribution in [0.25, 0.3) is 0 Å². The standard InChI is InChI=1S/C28H32N2O7S/c1-18-24(27(32)36-3)26(21-8-6-9-22(17-21)30(34)35)25(19(2)29-18)28(33)37-15-16-38-23-12-10-20(11-13-23)7-4-5-14-31/h6,8-13,17,24,26,31H,4-5,7,14-16H2,1-3H3. The van der Waals surface area contributed by atoms with Gasteiger partial charge in [0, 0.05) is 46.7 Å². The van der Waals surface area contributed by atoms with Gasteiger partial charge in [0.2, 0.25) is 0 Å². The maximum Gasteiger partial charge on any atom is 0.336 e. The van der Waals surface area contributed by atoms with Crippen LogP contribution in [0.5, 0.6) is 0 Å². The number of unbranched alkanes of at least 4 members (excludes halogenated alkanes) is 1. The third kappa shape index (κ3) is 7.29. The van der Waals surface area contributed by atoms with E-state index in [9.17, 15) is 19.7 Å². The predicted molar refractivity (Wildman–Crippen MR) is 145 cm³/mol. The zero-order valence-electron chi connectivity index (χ0n) is 21.7. The summed E-state index contributed by atoms with van der Waals surface area (Å²) in [6, 6.07) is 14.0. The number of carbonyl (C=O) groups excluding carboxylic acids is 2. The second-order valence-corrected chi connectivity index (χ2v) is 10.1. The van der Waals surface area contributed by atoms with Crippen LogP contribution in [0, 0.1) is 16.0 Å². The van der Waals surface area contributed by atoms with Crippen LogP contribution in [0.3, 0.4) is 0 Å². The summed E-state index contributed by atoms with van der Waals surface area (Å²) in [4.78, 5) is 42.4. The van der Waals surface area contributed by atoms with Crippen LogP contribution in [0.1, 0.15) is 43.7 Å². The fourth-order valence-electron chi connectivity index (χ4n) is 4.49. The molecule has 0 bridgehead atoms. The summed E-state index contributed by atoms with van der Waals surface area (Å²) in [5.74, 6) is -2.44. The van der Waals surface area contributed by atoms with Gasteiger partial charge in [-0.05, 0) is 56.4 Å². The number of hydrogen-bond donors (Lipinski definition) is 1. The SMILES string of the molecule is COC(=O)C1C(C)=NC(C)=C(C(=O)OCCSc2ccc(CCCCO)cc2)C1c1cccc([N+](=O)[O-])c1. The molecule has 2 unspecified atom stereocenters. The lowest BCUT2D eigenvalue weighted by Crippen LogP contribution is -2.36. The monoisotopic (exact) mass is 540 g/mol. The average molecular weight is 541 g/mol. The van der Waals surface area contributed by atoms with E-state index < -0.39 is 28.7 Å². The molecule has 38 heavy (non-hydrogen) atoms. The van der Waals surface area contributed by atoms with Gasteiger partial charge in [0.1, 0.15) is 12.5 Å². The minimum absolute atomic E-state index is 0.131. The van der Waals surface area contributed by atoms with E-state index in [2.05, 4.69) is 17.1 Å². The summed E-state index contributed by atoms with van der Waals surface area (Å²) in [6.45, 7) is 3.66. The van der Waals surface area contributed by atoms with Crippen LogP contribution in [0.2, 0.25) is 0 Å². The molecule has 0 radical (unpaired) electrons. The van der Waals surface area contributed by atoms with Crippen LogP contribution in [0.4, 0.5) is 5.69 Å². The Kier molecular flexibility index (Phi) is 10.6. The first kappa shape index (κ1) is 29.1. The van der Waals surface area contributed by atoms with E-state index in [0.717, 1.165) is 24.2 Å². The number of aliphatic imine (C=N–C) groups is 1. The third-order valence-corrected chi connectivity index (χ3v) is 7.30. The number of thioether (sulfide) groups is 1. The molecule has 0 amide bonds. The Morgan fingerprint density at radius 3 is 2.53 bits per heavy atom. The van der Waals surface area contributed by atoms with Crippen LogP contribution in [-0.2, 0) is 25.5 Å². The second kappa shape index (κ2) is 13.9. The lowest BCUT2D eigenvalue weighted by molar-refractivity contribution is -0.384. The van der Waals surface area contributed by atoms with Crippen LogP contribution < -0.4 is 0 Å². The first-order valence-electron chi connectivity index (χ1n) is 12.3. The fourth-order valence-corrected chi connectivity index (χ4v) is 5.22. The van der Waals surface area contributed by atoms with E-state index in [1.165, 1.54) is 30.9 Å². The highest BCUT2D eigenvalue weighted by Crippen LogP contribution is 2.41. The molecule has 0 fully saturated rings. The lowest BCUT2D eigenvalue weighted by Gasteiger charge is -2.31. The number of carbonyl (C=O) groups is 2. The highest BCUT2D eigenvalue weighted by atomic mass is 32.2. The number of benzene rings is 2.